The van der Waals surface area contributed by atoms with E-state index < -0.39 is 0 Å². The lowest BCUT2D eigenvalue weighted by atomic mass is 10.1. The molecule has 0 unspecified atom stereocenters. The molecule has 0 amide bonds. The Morgan fingerprint density at radius 1 is 1.17 bits per heavy atom. The molecular weight excluding hydrogens is 248 g/mol. The Labute approximate surface area is 109 Å². The lowest BCUT2D eigenvalue weighted by Gasteiger charge is -2.01. The molecule has 2 heterocycles. The van der Waals surface area contributed by atoms with Gasteiger partial charge in [0.1, 0.15) is 5.65 Å². The Kier molecular flexibility index (Phi) is 2.78. The maximum atomic E-state index is 9.54. The third-order valence-electron chi connectivity index (χ3n) is 2.88. The van der Waals surface area contributed by atoms with Gasteiger partial charge in [0, 0.05) is 22.8 Å². The van der Waals surface area contributed by atoms with E-state index in [4.69, 9.17) is 11.6 Å². The van der Waals surface area contributed by atoms with Crippen LogP contribution in [0.2, 0.25) is 5.02 Å². The molecule has 0 fully saturated rings. The SMILES string of the molecule is OCc1c(-c2ccccc2)nc2cc(Cl)ccn12. The van der Waals surface area contributed by atoms with E-state index in [1.54, 1.807) is 12.1 Å². The second-order valence-electron chi connectivity index (χ2n) is 4.00. The van der Waals surface area contributed by atoms with Crippen LogP contribution in [0, 0.1) is 0 Å². The second kappa shape index (κ2) is 4.44. The molecule has 0 aliphatic carbocycles. The van der Waals surface area contributed by atoms with Gasteiger partial charge >= 0.3 is 0 Å². The molecular formula is C14H11ClN2O. The molecule has 90 valence electrons. The zero-order chi connectivity index (χ0) is 12.5. The largest absolute Gasteiger partial charge is 0.390 e. The first kappa shape index (κ1) is 11.3. The molecule has 1 N–H and O–H groups in total. The lowest BCUT2D eigenvalue weighted by molar-refractivity contribution is 0.276. The van der Waals surface area contributed by atoms with Crippen molar-refractivity contribution in [1.29, 1.82) is 0 Å². The first-order valence-electron chi connectivity index (χ1n) is 5.62. The normalized spacial score (nSPS) is 11.0. The summed E-state index contributed by atoms with van der Waals surface area (Å²) in [6.07, 6.45) is 1.82. The molecule has 18 heavy (non-hydrogen) atoms. The van der Waals surface area contributed by atoms with E-state index >= 15 is 0 Å². The summed E-state index contributed by atoms with van der Waals surface area (Å²) in [6.45, 7) is -0.0625. The predicted octanol–water partition coefficient (Wildman–Crippen LogP) is 3.15. The van der Waals surface area contributed by atoms with Gasteiger partial charge in [-0.1, -0.05) is 41.9 Å². The minimum absolute atomic E-state index is 0.0625. The van der Waals surface area contributed by atoms with Gasteiger partial charge in [-0.3, -0.25) is 0 Å². The van der Waals surface area contributed by atoms with Crippen molar-refractivity contribution in [1.82, 2.24) is 9.38 Å². The van der Waals surface area contributed by atoms with E-state index in [1.165, 1.54) is 0 Å². The van der Waals surface area contributed by atoms with Crippen LogP contribution in [0.5, 0.6) is 0 Å². The summed E-state index contributed by atoms with van der Waals surface area (Å²) in [7, 11) is 0. The Bertz CT molecular complexity index is 692. The van der Waals surface area contributed by atoms with Crippen LogP contribution in [0.25, 0.3) is 16.9 Å². The minimum atomic E-state index is -0.0625. The Morgan fingerprint density at radius 2 is 1.94 bits per heavy atom. The first-order valence-corrected chi connectivity index (χ1v) is 6.00. The van der Waals surface area contributed by atoms with Crippen molar-refractivity contribution >= 4 is 17.2 Å². The molecule has 4 heteroatoms. The third kappa shape index (κ3) is 1.78. The summed E-state index contributed by atoms with van der Waals surface area (Å²) >= 11 is 5.95. The van der Waals surface area contributed by atoms with Crippen LogP contribution >= 0.6 is 11.6 Å². The summed E-state index contributed by atoms with van der Waals surface area (Å²) in [4.78, 5) is 4.53. The number of aliphatic hydroxyl groups is 1. The average Bonchev–Trinajstić information content (AvgIpc) is 2.77. The van der Waals surface area contributed by atoms with E-state index in [9.17, 15) is 5.11 Å². The van der Waals surface area contributed by atoms with Crippen molar-refractivity contribution in [3.05, 3.63) is 59.4 Å². The number of imidazole rings is 1. The Morgan fingerprint density at radius 3 is 2.67 bits per heavy atom. The van der Waals surface area contributed by atoms with Crippen molar-refractivity contribution in [2.24, 2.45) is 0 Å². The molecule has 1 aromatic carbocycles. The van der Waals surface area contributed by atoms with Gasteiger partial charge < -0.3 is 9.51 Å². The molecule has 0 atom stereocenters. The molecule has 3 rings (SSSR count). The van der Waals surface area contributed by atoms with Gasteiger partial charge in [0.05, 0.1) is 18.0 Å². The molecule has 3 nitrogen and oxygen atoms in total. The molecule has 2 aromatic heterocycles. The molecule has 0 spiro atoms. The molecule has 3 aromatic rings. The highest BCUT2D eigenvalue weighted by molar-refractivity contribution is 6.30. The smallest absolute Gasteiger partial charge is 0.139 e. The standard InChI is InChI=1S/C14H11ClN2O/c15-11-6-7-17-12(9-18)14(16-13(17)8-11)10-4-2-1-3-5-10/h1-8,18H,9H2. The van der Waals surface area contributed by atoms with Gasteiger partial charge in [0.2, 0.25) is 0 Å². The van der Waals surface area contributed by atoms with Crippen molar-refractivity contribution < 1.29 is 5.11 Å². The number of aliphatic hydroxyl groups excluding tert-OH is 1. The van der Waals surface area contributed by atoms with E-state index in [1.807, 2.05) is 40.9 Å². The number of pyridine rings is 1. The van der Waals surface area contributed by atoms with Crippen molar-refractivity contribution in [2.75, 3.05) is 0 Å². The van der Waals surface area contributed by atoms with Crippen LogP contribution in [0.3, 0.4) is 0 Å². The van der Waals surface area contributed by atoms with Crippen LogP contribution in [-0.2, 0) is 6.61 Å². The number of rotatable bonds is 2. The van der Waals surface area contributed by atoms with Gasteiger partial charge in [-0.2, -0.15) is 0 Å². The van der Waals surface area contributed by atoms with Crippen molar-refractivity contribution in [3.63, 3.8) is 0 Å². The van der Waals surface area contributed by atoms with Crippen molar-refractivity contribution in [2.45, 2.75) is 6.61 Å². The zero-order valence-electron chi connectivity index (χ0n) is 9.55. The average molecular weight is 259 g/mol. The van der Waals surface area contributed by atoms with E-state index in [0.717, 1.165) is 22.6 Å². The molecule has 0 aliphatic rings. The van der Waals surface area contributed by atoms with Gasteiger partial charge in [0.25, 0.3) is 0 Å². The van der Waals surface area contributed by atoms with Crippen LogP contribution < -0.4 is 0 Å². The van der Waals surface area contributed by atoms with Crippen LogP contribution in [-0.4, -0.2) is 14.5 Å². The Balaban J connectivity index is 2.29. The number of nitrogens with zero attached hydrogens (tertiary/aromatic N) is 2. The van der Waals surface area contributed by atoms with Gasteiger partial charge in [-0.15, -0.1) is 0 Å². The quantitative estimate of drug-likeness (QED) is 0.767. The van der Waals surface area contributed by atoms with Gasteiger partial charge in [-0.25, -0.2) is 4.98 Å². The Hall–Kier alpha value is -1.84. The molecule has 0 bridgehead atoms. The number of fused-ring (bicyclic) bond motifs is 1. The van der Waals surface area contributed by atoms with Crippen LogP contribution in [0.4, 0.5) is 0 Å². The summed E-state index contributed by atoms with van der Waals surface area (Å²) < 4.78 is 1.86. The fourth-order valence-electron chi connectivity index (χ4n) is 2.05. The first-order chi connectivity index (χ1) is 8.79. The zero-order valence-corrected chi connectivity index (χ0v) is 10.3. The second-order valence-corrected chi connectivity index (χ2v) is 4.44. The fourth-order valence-corrected chi connectivity index (χ4v) is 2.20. The van der Waals surface area contributed by atoms with Crippen LogP contribution in [0.1, 0.15) is 5.69 Å². The topological polar surface area (TPSA) is 37.5 Å². The summed E-state index contributed by atoms with van der Waals surface area (Å²) in [5.74, 6) is 0. The third-order valence-corrected chi connectivity index (χ3v) is 3.12. The van der Waals surface area contributed by atoms with Crippen molar-refractivity contribution in [3.8, 4) is 11.3 Å². The fraction of sp³-hybridized carbons (Fsp3) is 0.0714. The predicted molar refractivity (Wildman–Crippen MR) is 71.6 cm³/mol. The monoisotopic (exact) mass is 258 g/mol. The number of benzene rings is 1. The van der Waals surface area contributed by atoms with Crippen LogP contribution in [0.15, 0.2) is 48.7 Å². The van der Waals surface area contributed by atoms with E-state index in [2.05, 4.69) is 4.98 Å². The number of hydrogen-bond acceptors (Lipinski definition) is 2. The lowest BCUT2D eigenvalue weighted by Crippen LogP contribution is -1.93. The highest BCUT2D eigenvalue weighted by atomic mass is 35.5. The summed E-state index contributed by atoms with van der Waals surface area (Å²) in [5.41, 5.74) is 3.29. The maximum Gasteiger partial charge on any atom is 0.139 e. The maximum absolute atomic E-state index is 9.54. The number of aromatic nitrogens is 2. The van der Waals surface area contributed by atoms with E-state index in [-0.39, 0.29) is 6.61 Å². The van der Waals surface area contributed by atoms with Gasteiger partial charge in [-0.05, 0) is 6.07 Å². The summed E-state index contributed by atoms with van der Waals surface area (Å²) in [6, 6.07) is 13.4. The number of halogens is 1. The highest BCUT2D eigenvalue weighted by Crippen LogP contribution is 2.25. The molecule has 0 aliphatic heterocycles. The van der Waals surface area contributed by atoms with E-state index in [0.29, 0.717) is 5.02 Å². The van der Waals surface area contributed by atoms with Gasteiger partial charge in [0.15, 0.2) is 0 Å². The highest BCUT2D eigenvalue weighted by Gasteiger charge is 2.12. The molecule has 0 saturated carbocycles. The number of hydrogen-bond donors (Lipinski definition) is 1. The minimum Gasteiger partial charge on any atom is -0.390 e. The molecule has 0 saturated heterocycles. The molecule has 0 radical (unpaired) electrons. The summed E-state index contributed by atoms with van der Waals surface area (Å²) in [5, 5.41) is 10.2.